The van der Waals surface area contributed by atoms with Gasteiger partial charge < -0.3 is 9.47 Å². The summed E-state index contributed by atoms with van der Waals surface area (Å²) in [5, 5.41) is 6.55. The number of fused-ring (bicyclic) bond motifs is 2. The molecule has 0 aliphatic heterocycles. The molecule has 29 heavy (non-hydrogen) atoms. The van der Waals surface area contributed by atoms with Crippen molar-refractivity contribution in [1.82, 2.24) is 4.98 Å². The van der Waals surface area contributed by atoms with Crippen LogP contribution in [0.5, 0.6) is 11.5 Å². The summed E-state index contributed by atoms with van der Waals surface area (Å²) in [4.78, 5) is 4.74. The van der Waals surface area contributed by atoms with Gasteiger partial charge >= 0.3 is 0 Å². The average molecular weight is 385 g/mol. The standard InChI is InChI=1S/C24H23N3O2/c1-3-28-22-14-13-17(15-23(22)29-4-2)16-25-27-24-18-9-5-7-11-20(18)26-21-12-8-6-10-19(21)24/h5-16H,3-4H2,1-2H3,(H,26,27)/b25-16+. The van der Waals surface area contributed by atoms with Crippen LogP contribution in [-0.4, -0.2) is 24.4 Å². The first-order chi connectivity index (χ1) is 14.3. The molecule has 0 fully saturated rings. The van der Waals surface area contributed by atoms with Crippen LogP contribution in [0.3, 0.4) is 0 Å². The molecule has 5 nitrogen and oxygen atoms in total. The first kappa shape index (κ1) is 18.7. The Bertz CT molecular complexity index is 1120. The van der Waals surface area contributed by atoms with Crippen LogP contribution in [0, 0.1) is 0 Å². The van der Waals surface area contributed by atoms with E-state index in [1.807, 2.05) is 68.4 Å². The second kappa shape index (κ2) is 8.61. The number of nitrogens with zero attached hydrogens (tertiary/aromatic N) is 2. The lowest BCUT2D eigenvalue weighted by Gasteiger charge is -2.11. The molecule has 0 aliphatic carbocycles. The number of aromatic nitrogens is 1. The summed E-state index contributed by atoms with van der Waals surface area (Å²) < 4.78 is 11.3. The van der Waals surface area contributed by atoms with Crippen molar-refractivity contribution in [2.45, 2.75) is 13.8 Å². The number of nitrogens with one attached hydrogen (secondary N) is 1. The zero-order valence-electron chi connectivity index (χ0n) is 16.6. The van der Waals surface area contributed by atoms with Gasteiger partial charge in [-0.2, -0.15) is 5.10 Å². The molecule has 0 spiro atoms. The minimum Gasteiger partial charge on any atom is -0.490 e. The molecule has 1 aromatic heterocycles. The molecule has 0 atom stereocenters. The molecule has 0 radical (unpaired) electrons. The fourth-order valence-corrected chi connectivity index (χ4v) is 3.28. The second-order valence-corrected chi connectivity index (χ2v) is 6.46. The maximum atomic E-state index is 5.69. The molecular weight excluding hydrogens is 362 g/mol. The first-order valence-electron chi connectivity index (χ1n) is 9.76. The number of anilines is 1. The smallest absolute Gasteiger partial charge is 0.161 e. The van der Waals surface area contributed by atoms with E-state index in [4.69, 9.17) is 14.5 Å². The van der Waals surface area contributed by atoms with Crippen LogP contribution in [0.4, 0.5) is 5.69 Å². The van der Waals surface area contributed by atoms with Gasteiger partial charge in [-0.3, -0.25) is 5.43 Å². The van der Waals surface area contributed by atoms with Gasteiger partial charge in [0.2, 0.25) is 0 Å². The van der Waals surface area contributed by atoms with Gasteiger partial charge in [-0.1, -0.05) is 36.4 Å². The largest absolute Gasteiger partial charge is 0.490 e. The van der Waals surface area contributed by atoms with Gasteiger partial charge in [0, 0.05) is 10.8 Å². The number of hydrogen-bond acceptors (Lipinski definition) is 5. The predicted molar refractivity (Wildman–Crippen MR) is 119 cm³/mol. The van der Waals surface area contributed by atoms with Gasteiger partial charge in [0.15, 0.2) is 11.5 Å². The maximum absolute atomic E-state index is 5.69. The third-order valence-electron chi connectivity index (χ3n) is 4.55. The van der Waals surface area contributed by atoms with Crippen molar-refractivity contribution in [3.05, 3.63) is 72.3 Å². The summed E-state index contributed by atoms with van der Waals surface area (Å²) in [5.74, 6) is 1.46. The fourth-order valence-electron chi connectivity index (χ4n) is 3.28. The molecule has 0 unspecified atom stereocenters. The molecule has 4 rings (SSSR count). The van der Waals surface area contributed by atoms with E-state index in [1.54, 1.807) is 6.21 Å². The molecule has 1 N–H and O–H groups in total. The van der Waals surface area contributed by atoms with Crippen molar-refractivity contribution < 1.29 is 9.47 Å². The Labute approximate surface area is 170 Å². The SMILES string of the molecule is CCOc1ccc(/C=N/Nc2c3ccccc3nc3ccccc23)cc1OCC. The van der Waals surface area contributed by atoms with E-state index in [2.05, 4.69) is 22.7 Å². The molecule has 5 heteroatoms. The van der Waals surface area contributed by atoms with Crippen molar-refractivity contribution in [2.75, 3.05) is 18.6 Å². The van der Waals surface area contributed by atoms with Crippen molar-refractivity contribution >= 4 is 33.7 Å². The van der Waals surface area contributed by atoms with Crippen LogP contribution in [0.2, 0.25) is 0 Å². The summed E-state index contributed by atoms with van der Waals surface area (Å²) in [6.07, 6.45) is 1.78. The number of hydrogen-bond donors (Lipinski definition) is 1. The van der Waals surface area contributed by atoms with E-state index < -0.39 is 0 Å². The second-order valence-electron chi connectivity index (χ2n) is 6.46. The maximum Gasteiger partial charge on any atom is 0.161 e. The third-order valence-corrected chi connectivity index (χ3v) is 4.55. The highest BCUT2D eigenvalue weighted by molar-refractivity contribution is 6.07. The number of ether oxygens (including phenoxy) is 2. The van der Waals surface area contributed by atoms with Gasteiger partial charge in [0.05, 0.1) is 36.1 Å². The molecular formula is C24H23N3O2. The molecule has 0 bridgehead atoms. The topological polar surface area (TPSA) is 55.7 Å². The Hall–Kier alpha value is -3.60. The molecule has 0 aliphatic rings. The molecule has 3 aromatic carbocycles. The van der Waals surface area contributed by atoms with Crippen molar-refractivity contribution in [2.24, 2.45) is 5.10 Å². The van der Waals surface area contributed by atoms with Crippen molar-refractivity contribution in [3.63, 3.8) is 0 Å². The number of para-hydroxylation sites is 2. The summed E-state index contributed by atoms with van der Waals surface area (Å²) in [6, 6.07) is 21.9. The quantitative estimate of drug-likeness (QED) is 0.254. The van der Waals surface area contributed by atoms with Crippen LogP contribution >= 0.6 is 0 Å². The zero-order valence-corrected chi connectivity index (χ0v) is 16.6. The van der Waals surface area contributed by atoms with Crippen LogP contribution in [-0.2, 0) is 0 Å². The fraction of sp³-hybridized carbons (Fsp3) is 0.167. The lowest BCUT2D eigenvalue weighted by atomic mass is 10.1. The van der Waals surface area contributed by atoms with E-state index in [0.717, 1.165) is 44.6 Å². The Morgan fingerprint density at radius 3 is 2.10 bits per heavy atom. The highest BCUT2D eigenvalue weighted by atomic mass is 16.5. The zero-order chi connectivity index (χ0) is 20.1. The molecule has 0 saturated heterocycles. The molecule has 0 amide bonds. The van der Waals surface area contributed by atoms with E-state index in [1.165, 1.54) is 0 Å². The number of rotatable bonds is 7. The monoisotopic (exact) mass is 385 g/mol. The van der Waals surface area contributed by atoms with E-state index in [9.17, 15) is 0 Å². The Balaban J connectivity index is 1.67. The minimum absolute atomic E-state index is 0.577. The average Bonchev–Trinajstić information content (AvgIpc) is 2.75. The Morgan fingerprint density at radius 1 is 0.828 bits per heavy atom. The van der Waals surface area contributed by atoms with E-state index >= 15 is 0 Å². The van der Waals surface area contributed by atoms with Crippen molar-refractivity contribution in [3.8, 4) is 11.5 Å². The first-order valence-corrected chi connectivity index (χ1v) is 9.76. The van der Waals surface area contributed by atoms with Crippen LogP contribution in [0.25, 0.3) is 21.8 Å². The predicted octanol–water partition coefficient (Wildman–Crippen LogP) is 5.63. The van der Waals surface area contributed by atoms with E-state index in [0.29, 0.717) is 13.2 Å². The third kappa shape index (κ3) is 3.99. The van der Waals surface area contributed by atoms with Gasteiger partial charge in [-0.15, -0.1) is 0 Å². The Kier molecular flexibility index (Phi) is 5.56. The minimum atomic E-state index is 0.577. The van der Waals surface area contributed by atoms with Crippen molar-refractivity contribution in [1.29, 1.82) is 0 Å². The Morgan fingerprint density at radius 2 is 1.45 bits per heavy atom. The number of benzene rings is 3. The summed E-state index contributed by atoms with van der Waals surface area (Å²) in [6.45, 7) is 5.08. The summed E-state index contributed by atoms with van der Waals surface area (Å²) >= 11 is 0. The van der Waals surface area contributed by atoms with Crippen LogP contribution in [0.1, 0.15) is 19.4 Å². The summed E-state index contributed by atoms with van der Waals surface area (Å²) in [7, 11) is 0. The lowest BCUT2D eigenvalue weighted by Crippen LogP contribution is -1.99. The van der Waals surface area contributed by atoms with Gasteiger partial charge in [0.1, 0.15) is 0 Å². The van der Waals surface area contributed by atoms with Crippen LogP contribution < -0.4 is 14.9 Å². The number of pyridine rings is 1. The van der Waals surface area contributed by atoms with Gasteiger partial charge in [-0.25, -0.2) is 4.98 Å². The van der Waals surface area contributed by atoms with Gasteiger partial charge in [0.25, 0.3) is 0 Å². The summed E-state index contributed by atoms with van der Waals surface area (Å²) in [5.41, 5.74) is 6.96. The highest BCUT2D eigenvalue weighted by Crippen LogP contribution is 2.31. The lowest BCUT2D eigenvalue weighted by molar-refractivity contribution is 0.288. The highest BCUT2D eigenvalue weighted by Gasteiger charge is 2.08. The van der Waals surface area contributed by atoms with Gasteiger partial charge in [-0.05, 0) is 49.7 Å². The van der Waals surface area contributed by atoms with Crippen LogP contribution in [0.15, 0.2) is 71.8 Å². The molecule has 1 heterocycles. The normalized spacial score (nSPS) is 11.2. The molecule has 146 valence electrons. The number of hydrazone groups is 1. The molecule has 0 saturated carbocycles. The van der Waals surface area contributed by atoms with E-state index in [-0.39, 0.29) is 0 Å². The molecule has 4 aromatic rings.